The van der Waals surface area contributed by atoms with Gasteiger partial charge in [0.2, 0.25) is 0 Å². The lowest BCUT2D eigenvalue weighted by Gasteiger charge is -2.22. The molecule has 2 rings (SSSR count). The Labute approximate surface area is 139 Å². The van der Waals surface area contributed by atoms with Crippen LogP contribution in [0.4, 0.5) is 0 Å². The summed E-state index contributed by atoms with van der Waals surface area (Å²) in [7, 11) is 1.72. The second-order valence-corrected chi connectivity index (χ2v) is 6.08. The maximum Gasteiger partial charge on any atom is 0.131 e. The number of hydrogen-bond acceptors (Lipinski definition) is 4. The zero-order valence-corrected chi connectivity index (χ0v) is 14.6. The Hall–Kier alpha value is -1.94. The van der Waals surface area contributed by atoms with Gasteiger partial charge < -0.3 is 4.74 Å². The Morgan fingerprint density at radius 1 is 1.13 bits per heavy atom. The summed E-state index contributed by atoms with van der Waals surface area (Å²) in [6, 6.07) is 10.2. The van der Waals surface area contributed by atoms with E-state index in [1.54, 1.807) is 7.11 Å². The summed E-state index contributed by atoms with van der Waals surface area (Å²) in [5.41, 5.74) is 2.29. The first kappa shape index (κ1) is 17.4. The number of hydrogen-bond donors (Lipinski definition) is 0. The smallest absolute Gasteiger partial charge is 0.131 e. The van der Waals surface area contributed by atoms with Crippen molar-refractivity contribution in [1.82, 2.24) is 14.9 Å². The SMILES string of the molecule is CCCN(Cc1ccnc(C(C)C)n1)Cc1ccccc1OC. The van der Waals surface area contributed by atoms with Gasteiger partial charge in [-0.1, -0.05) is 39.0 Å². The van der Waals surface area contributed by atoms with Crippen molar-refractivity contribution in [2.24, 2.45) is 0 Å². The molecule has 0 aliphatic rings. The van der Waals surface area contributed by atoms with Crippen molar-refractivity contribution in [3.05, 3.63) is 53.6 Å². The van der Waals surface area contributed by atoms with Crippen LogP contribution in [-0.4, -0.2) is 28.5 Å². The molecule has 1 aromatic heterocycles. The van der Waals surface area contributed by atoms with Crippen LogP contribution in [0.5, 0.6) is 5.75 Å². The van der Waals surface area contributed by atoms with Gasteiger partial charge in [-0.05, 0) is 25.1 Å². The zero-order valence-electron chi connectivity index (χ0n) is 14.6. The van der Waals surface area contributed by atoms with Gasteiger partial charge in [0.05, 0.1) is 12.8 Å². The van der Waals surface area contributed by atoms with Gasteiger partial charge in [-0.25, -0.2) is 9.97 Å². The summed E-state index contributed by atoms with van der Waals surface area (Å²) >= 11 is 0. The molecule has 0 fully saturated rings. The number of rotatable bonds is 8. The van der Waals surface area contributed by atoms with Gasteiger partial charge in [-0.15, -0.1) is 0 Å². The highest BCUT2D eigenvalue weighted by Gasteiger charge is 2.11. The van der Waals surface area contributed by atoms with Crippen LogP contribution in [-0.2, 0) is 13.1 Å². The molecule has 0 unspecified atom stereocenters. The normalized spacial score (nSPS) is 11.2. The Balaban J connectivity index is 2.14. The van der Waals surface area contributed by atoms with Gasteiger partial charge in [0.15, 0.2) is 0 Å². The van der Waals surface area contributed by atoms with E-state index in [2.05, 4.69) is 42.8 Å². The molecule has 0 N–H and O–H groups in total. The molecule has 0 bridgehead atoms. The highest BCUT2D eigenvalue weighted by atomic mass is 16.5. The van der Waals surface area contributed by atoms with Crippen LogP contribution in [0.3, 0.4) is 0 Å². The first-order valence-electron chi connectivity index (χ1n) is 8.30. The monoisotopic (exact) mass is 313 g/mol. The number of nitrogens with zero attached hydrogens (tertiary/aromatic N) is 3. The van der Waals surface area contributed by atoms with Crippen molar-refractivity contribution in [2.75, 3.05) is 13.7 Å². The van der Waals surface area contributed by atoms with Crippen LogP contribution in [0, 0.1) is 0 Å². The van der Waals surface area contributed by atoms with Crippen molar-refractivity contribution < 1.29 is 4.74 Å². The molecule has 0 amide bonds. The van der Waals surface area contributed by atoms with Gasteiger partial charge in [0, 0.05) is 30.8 Å². The summed E-state index contributed by atoms with van der Waals surface area (Å²) in [6.45, 7) is 9.16. The molecule has 4 nitrogen and oxygen atoms in total. The summed E-state index contributed by atoms with van der Waals surface area (Å²) in [5.74, 6) is 2.21. The van der Waals surface area contributed by atoms with Crippen molar-refractivity contribution in [3.63, 3.8) is 0 Å². The molecule has 23 heavy (non-hydrogen) atoms. The van der Waals surface area contributed by atoms with E-state index in [1.165, 1.54) is 5.56 Å². The first-order chi connectivity index (χ1) is 11.1. The maximum absolute atomic E-state index is 5.47. The van der Waals surface area contributed by atoms with Crippen LogP contribution in [0.1, 0.15) is 50.2 Å². The van der Waals surface area contributed by atoms with Gasteiger partial charge >= 0.3 is 0 Å². The molecule has 0 spiro atoms. The molecule has 0 atom stereocenters. The third-order valence-corrected chi connectivity index (χ3v) is 3.76. The predicted octanol–water partition coefficient (Wildman–Crippen LogP) is 4.02. The van der Waals surface area contributed by atoms with Crippen molar-refractivity contribution >= 4 is 0 Å². The van der Waals surface area contributed by atoms with Crippen LogP contribution < -0.4 is 4.74 Å². The molecule has 0 aliphatic carbocycles. The summed E-state index contributed by atoms with van der Waals surface area (Å²) in [4.78, 5) is 11.5. The third kappa shape index (κ3) is 5.03. The van der Waals surface area contributed by atoms with Crippen LogP contribution in [0.25, 0.3) is 0 Å². The van der Waals surface area contributed by atoms with Gasteiger partial charge in [-0.2, -0.15) is 0 Å². The minimum absolute atomic E-state index is 0.351. The lowest BCUT2D eigenvalue weighted by atomic mass is 10.1. The van der Waals surface area contributed by atoms with Gasteiger partial charge in [-0.3, -0.25) is 4.90 Å². The molecule has 2 aromatic rings. The Morgan fingerprint density at radius 2 is 1.91 bits per heavy atom. The summed E-state index contributed by atoms with van der Waals surface area (Å²) < 4.78 is 5.47. The number of methoxy groups -OCH3 is 1. The van der Waals surface area contributed by atoms with Gasteiger partial charge in [0.25, 0.3) is 0 Å². The minimum atomic E-state index is 0.351. The molecular weight excluding hydrogens is 286 g/mol. The molecule has 0 saturated heterocycles. The van der Waals surface area contributed by atoms with E-state index in [0.29, 0.717) is 5.92 Å². The fourth-order valence-electron chi connectivity index (χ4n) is 2.61. The summed E-state index contributed by atoms with van der Waals surface area (Å²) in [6.07, 6.45) is 2.97. The second kappa shape index (κ2) is 8.63. The van der Waals surface area contributed by atoms with E-state index in [1.807, 2.05) is 24.4 Å². The fraction of sp³-hybridized carbons (Fsp3) is 0.474. The fourth-order valence-corrected chi connectivity index (χ4v) is 2.61. The van der Waals surface area contributed by atoms with Crippen LogP contribution in [0.2, 0.25) is 0 Å². The van der Waals surface area contributed by atoms with E-state index in [-0.39, 0.29) is 0 Å². The quantitative estimate of drug-likeness (QED) is 0.738. The molecule has 0 aliphatic heterocycles. The maximum atomic E-state index is 5.47. The Bertz CT molecular complexity index is 613. The standard InChI is InChI=1S/C19H27N3O/c1-5-12-22(13-16-8-6-7-9-18(16)23-4)14-17-10-11-20-19(21-17)15(2)3/h6-11,15H,5,12-14H2,1-4H3. The molecule has 4 heteroatoms. The number of ether oxygens (including phenoxy) is 1. The van der Waals surface area contributed by atoms with E-state index < -0.39 is 0 Å². The summed E-state index contributed by atoms with van der Waals surface area (Å²) in [5, 5.41) is 0. The zero-order chi connectivity index (χ0) is 16.7. The van der Waals surface area contributed by atoms with E-state index >= 15 is 0 Å². The third-order valence-electron chi connectivity index (χ3n) is 3.76. The van der Waals surface area contributed by atoms with Crippen LogP contribution in [0.15, 0.2) is 36.5 Å². The van der Waals surface area contributed by atoms with E-state index in [0.717, 1.165) is 43.3 Å². The second-order valence-electron chi connectivity index (χ2n) is 6.08. The topological polar surface area (TPSA) is 38.2 Å². The van der Waals surface area contributed by atoms with Crippen LogP contribution >= 0.6 is 0 Å². The van der Waals surface area contributed by atoms with Crippen molar-refractivity contribution in [2.45, 2.75) is 46.2 Å². The lowest BCUT2D eigenvalue weighted by Crippen LogP contribution is -2.24. The molecular formula is C19H27N3O. The molecule has 0 saturated carbocycles. The van der Waals surface area contributed by atoms with Crippen molar-refractivity contribution in [1.29, 1.82) is 0 Å². The average molecular weight is 313 g/mol. The highest BCUT2D eigenvalue weighted by molar-refractivity contribution is 5.33. The Kier molecular flexibility index (Phi) is 6.53. The molecule has 124 valence electrons. The minimum Gasteiger partial charge on any atom is -0.496 e. The molecule has 1 aromatic carbocycles. The number of aromatic nitrogens is 2. The highest BCUT2D eigenvalue weighted by Crippen LogP contribution is 2.20. The number of benzene rings is 1. The van der Waals surface area contributed by atoms with E-state index in [9.17, 15) is 0 Å². The molecule has 0 radical (unpaired) electrons. The molecule has 1 heterocycles. The largest absolute Gasteiger partial charge is 0.496 e. The Morgan fingerprint density at radius 3 is 2.61 bits per heavy atom. The average Bonchev–Trinajstić information content (AvgIpc) is 2.56. The van der Waals surface area contributed by atoms with Crippen molar-refractivity contribution in [3.8, 4) is 5.75 Å². The predicted molar refractivity (Wildman–Crippen MR) is 93.5 cm³/mol. The van der Waals surface area contributed by atoms with Gasteiger partial charge in [0.1, 0.15) is 11.6 Å². The van der Waals surface area contributed by atoms with E-state index in [4.69, 9.17) is 9.72 Å². The number of para-hydroxylation sites is 1. The first-order valence-corrected chi connectivity index (χ1v) is 8.30. The lowest BCUT2D eigenvalue weighted by molar-refractivity contribution is 0.249.